The van der Waals surface area contributed by atoms with Crippen molar-refractivity contribution in [2.45, 2.75) is 12.0 Å². The van der Waals surface area contributed by atoms with Crippen molar-refractivity contribution >= 4 is 27.5 Å². The summed E-state index contributed by atoms with van der Waals surface area (Å²) in [5, 5.41) is 11.1. The maximum absolute atomic E-state index is 10.5. The fraction of sp³-hybridized carbons (Fsp3) is 0.200. The van der Waals surface area contributed by atoms with Crippen molar-refractivity contribution in [3.63, 3.8) is 0 Å². The SMILES string of the molecule is NCC(c1cccc(Br)c1)C(O)c1ccccc1Cl. The molecule has 0 saturated heterocycles. The van der Waals surface area contributed by atoms with E-state index >= 15 is 0 Å². The summed E-state index contributed by atoms with van der Waals surface area (Å²) in [5.41, 5.74) is 7.52. The molecule has 0 heterocycles. The Kier molecular flexibility index (Phi) is 4.99. The Morgan fingerprint density at radius 3 is 2.53 bits per heavy atom. The fourth-order valence-corrected chi connectivity index (χ4v) is 2.78. The third-order valence-electron chi connectivity index (χ3n) is 3.14. The average molecular weight is 341 g/mol. The van der Waals surface area contributed by atoms with E-state index in [2.05, 4.69) is 15.9 Å². The van der Waals surface area contributed by atoms with E-state index in [4.69, 9.17) is 17.3 Å². The van der Waals surface area contributed by atoms with Gasteiger partial charge in [-0.2, -0.15) is 0 Å². The van der Waals surface area contributed by atoms with Crippen LogP contribution in [-0.4, -0.2) is 11.7 Å². The van der Waals surface area contributed by atoms with Gasteiger partial charge in [-0.15, -0.1) is 0 Å². The first kappa shape index (κ1) is 14.5. The molecule has 2 unspecified atom stereocenters. The van der Waals surface area contributed by atoms with Crippen LogP contribution in [0, 0.1) is 0 Å². The molecule has 2 atom stereocenters. The lowest BCUT2D eigenvalue weighted by atomic mass is 9.89. The van der Waals surface area contributed by atoms with E-state index in [0.717, 1.165) is 10.0 Å². The van der Waals surface area contributed by atoms with Crippen molar-refractivity contribution in [3.05, 3.63) is 69.2 Å². The van der Waals surface area contributed by atoms with Crippen LogP contribution >= 0.6 is 27.5 Å². The zero-order chi connectivity index (χ0) is 13.8. The molecule has 0 spiro atoms. The summed E-state index contributed by atoms with van der Waals surface area (Å²) in [5.74, 6) is -0.183. The number of aliphatic hydroxyl groups is 1. The van der Waals surface area contributed by atoms with Crippen LogP contribution in [-0.2, 0) is 0 Å². The summed E-state index contributed by atoms with van der Waals surface area (Å²) in [6.07, 6.45) is -0.715. The van der Waals surface area contributed by atoms with Gasteiger partial charge < -0.3 is 10.8 Å². The second kappa shape index (κ2) is 6.53. The van der Waals surface area contributed by atoms with Gasteiger partial charge in [0.15, 0.2) is 0 Å². The van der Waals surface area contributed by atoms with Gasteiger partial charge in [0.25, 0.3) is 0 Å². The smallest absolute Gasteiger partial charge is 0.0885 e. The highest BCUT2D eigenvalue weighted by Gasteiger charge is 2.23. The van der Waals surface area contributed by atoms with Crippen LogP contribution in [0.15, 0.2) is 53.0 Å². The average Bonchev–Trinajstić information content (AvgIpc) is 2.40. The highest BCUT2D eigenvalue weighted by Crippen LogP contribution is 2.34. The number of rotatable bonds is 4. The molecular formula is C15H15BrClNO. The van der Waals surface area contributed by atoms with Crippen molar-refractivity contribution in [1.29, 1.82) is 0 Å². The third kappa shape index (κ3) is 3.37. The quantitative estimate of drug-likeness (QED) is 0.887. The number of aliphatic hydroxyl groups excluding tert-OH is 1. The summed E-state index contributed by atoms with van der Waals surface area (Å²) in [6.45, 7) is 0.350. The first-order chi connectivity index (χ1) is 9.13. The number of halogens is 2. The van der Waals surface area contributed by atoms with Gasteiger partial charge in [-0.05, 0) is 29.3 Å². The maximum atomic E-state index is 10.5. The second-order valence-electron chi connectivity index (χ2n) is 4.36. The minimum absolute atomic E-state index is 0.183. The van der Waals surface area contributed by atoms with E-state index in [1.165, 1.54) is 0 Å². The predicted molar refractivity (Wildman–Crippen MR) is 82.3 cm³/mol. The van der Waals surface area contributed by atoms with Crippen LogP contribution in [0.3, 0.4) is 0 Å². The van der Waals surface area contributed by atoms with Gasteiger partial charge in [-0.3, -0.25) is 0 Å². The molecule has 0 amide bonds. The van der Waals surface area contributed by atoms with E-state index in [-0.39, 0.29) is 5.92 Å². The van der Waals surface area contributed by atoms with E-state index in [0.29, 0.717) is 17.1 Å². The van der Waals surface area contributed by atoms with Gasteiger partial charge >= 0.3 is 0 Å². The molecule has 0 aliphatic heterocycles. The number of benzene rings is 2. The van der Waals surface area contributed by atoms with Crippen LogP contribution < -0.4 is 5.73 Å². The Morgan fingerprint density at radius 2 is 1.89 bits per heavy atom. The fourth-order valence-electron chi connectivity index (χ4n) is 2.12. The van der Waals surface area contributed by atoms with Gasteiger partial charge in [0.05, 0.1) is 6.10 Å². The first-order valence-corrected chi connectivity index (χ1v) is 7.18. The molecule has 0 bridgehead atoms. The Hall–Kier alpha value is -0.870. The summed E-state index contributed by atoms with van der Waals surface area (Å²) in [7, 11) is 0. The van der Waals surface area contributed by atoms with E-state index in [1.807, 2.05) is 42.5 Å². The molecule has 0 aromatic heterocycles. The topological polar surface area (TPSA) is 46.2 Å². The molecule has 0 fully saturated rings. The standard InChI is InChI=1S/C15H15BrClNO/c16-11-5-3-4-10(8-11)13(9-18)15(19)12-6-1-2-7-14(12)17/h1-8,13,15,19H,9,18H2. The maximum Gasteiger partial charge on any atom is 0.0885 e. The second-order valence-corrected chi connectivity index (χ2v) is 5.69. The van der Waals surface area contributed by atoms with Crippen LogP contribution in [0.2, 0.25) is 5.02 Å². The van der Waals surface area contributed by atoms with Crippen LogP contribution in [0.5, 0.6) is 0 Å². The van der Waals surface area contributed by atoms with Crippen molar-refractivity contribution in [1.82, 2.24) is 0 Å². The minimum atomic E-state index is -0.715. The number of hydrogen-bond donors (Lipinski definition) is 2. The van der Waals surface area contributed by atoms with Crippen LogP contribution in [0.1, 0.15) is 23.1 Å². The largest absolute Gasteiger partial charge is 0.388 e. The normalized spacial score (nSPS) is 14.1. The molecule has 0 aliphatic carbocycles. The summed E-state index contributed by atoms with van der Waals surface area (Å²) < 4.78 is 0.967. The minimum Gasteiger partial charge on any atom is -0.388 e. The Bertz CT molecular complexity index is 561. The van der Waals surface area contributed by atoms with Crippen molar-refractivity contribution in [2.24, 2.45) is 5.73 Å². The summed E-state index contributed by atoms with van der Waals surface area (Å²) >= 11 is 9.56. The lowest BCUT2D eigenvalue weighted by molar-refractivity contribution is 0.147. The zero-order valence-corrected chi connectivity index (χ0v) is 12.6. The Morgan fingerprint density at radius 1 is 1.16 bits per heavy atom. The molecule has 2 aromatic rings. The van der Waals surface area contributed by atoms with Crippen molar-refractivity contribution < 1.29 is 5.11 Å². The van der Waals surface area contributed by atoms with E-state index in [9.17, 15) is 5.11 Å². The summed E-state index contributed by atoms with van der Waals surface area (Å²) in [6, 6.07) is 15.1. The van der Waals surface area contributed by atoms with Crippen LogP contribution in [0.4, 0.5) is 0 Å². The number of hydrogen-bond acceptors (Lipinski definition) is 2. The van der Waals surface area contributed by atoms with Gasteiger partial charge in [-0.1, -0.05) is 57.9 Å². The first-order valence-electron chi connectivity index (χ1n) is 6.01. The Labute approximate surface area is 126 Å². The van der Waals surface area contributed by atoms with E-state index in [1.54, 1.807) is 6.07 Å². The lowest BCUT2D eigenvalue weighted by Crippen LogP contribution is -2.20. The molecule has 100 valence electrons. The van der Waals surface area contributed by atoms with Gasteiger partial charge in [0.1, 0.15) is 0 Å². The molecule has 19 heavy (non-hydrogen) atoms. The third-order valence-corrected chi connectivity index (χ3v) is 3.97. The predicted octanol–water partition coefficient (Wildman–Crippen LogP) is 3.88. The molecule has 0 radical (unpaired) electrons. The Balaban J connectivity index is 2.35. The highest BCUT2D eigenvalue weighted by atomic mass is 79.9. The summed E-state index contributed by atoms with van der Waals surface area (Å²) in [4.78, 5) is 0. The zero-order valence-electron chi connectivity index (χ0n) is 10.3. The van der Waals surface area contributed by atoms with Crippen molar-refractivity contribution in [2.75, 3.05) is 6.54 Å². The highest BCUT2D eigenvalue weighted by molar-refractivity contribution is 9.10. The van der Waals surface area contributed by atoms with Gasteiger partial charge in [0.2, 0.25) is 0 Å². The van der Waals surface area contributed by atoms with Gasteiger partial charge in [-0.25, -0.2) is 0 Å². The molecule has 0 saturated carbocycles. The molecule has 4 heteroatoms. The van der Waals surface area contributed by atoms with Crippen molar-refractivity contribution in [3.8, 4) is 0 Å². The lowest BCUT2D eigenvalue weighted by Gasteiger charge is -2.23. The van der Waals surface area contributed by atoms with Crippen LogP contribution in [0.25, 0.3) is 0 Å². The molecule has 2 rings (SSSR count). The molecule has 0 aliphatic rings. The molecule has 3 N–H and O–H groups in total. The number of nitrogens with two attached hydrogens (primary N) is 1. The monoisotopic (exact) mass is 339 g/mol. The molecule has 2 nitrogen and oxygen atoms in total. The van der Waals surface area contributed by atoms with E-state index < -0.39 is 6.10 Å². The van der Waals surface area contributed by atoms with Gasteiger partial charge in [0, 0.05) is 22.0 Å². The molecular weight excluding hydrogens is 326 g/mol. The molecule has 2 aromatic carbocycles.